The molecule has 3 aromatic rings. The van der Waals surface area contributed by atoms with E-state index in [2.05, 4.69) is 26.3 Å². The molecule has 3 aliphatic rings. The van der Waals surface area contributed by atoms with E-state index in [1.807, 2.05) is 57.5 Å². The zero-order valence-corrected chi connectivity index (χ0v) is 41.3. The number of hydrogen-bond acceptors (Lipinski definition) is 13. The number of aliphatic hydroxyl groups excluding tert-OH is 1. The van der Waals surface area contributed by atoms with Crippen molar-refractivity contribution in [1.29, 1.82) is 0 Å². The van der Waals surface area contributed by atoms with Crippen LogP contribution >= 0.6 is 11.3 Å². The molecule has 0 spiro atoms. The molecular weight excluding hydrogens is 903 g/mol. The summed E-state index contributed by atoms with van der Waals surface area (Å²) in [6.07, 6.45) is 7.63. The van der Waals surface area contributed by atoms with Crippen molar-refractivity contribution in [3.05, 3.63) is 70.4 Å². The number of benzene rings is 2. The van der Waals surface area contributed by atoms with Gasteiger partial charge in [0.05, 0.1) is 33.3 Å². The number of thiazole rings is 1. The van der Waals surface area contributed by atoms with Gasteiger partial charge in [0, 0.05) is 71.0 Å². The van der Waals surface area contributed by atoms with Gasteiger partial charge < -0.3 is 35.4 Å². The molecule has 7 amide bonds. The first kappa shape index (κ1) is 52.8. The van der Waals surface area contributed by atoms with E-state index in [1.165, 1.54) is 4.90 Å². The van der Waals surface area contributed by atoms with Gasteiger partial charge in [-0.05, 0) is 87.0 Å². The van der Waals surface area contributed by atoms with Crippen molar-refractivity contribution in [3.8, 4) is 10.4 Å². The van der Waals surface area contributed by atoms with E-state index < -0.39 is 53.3 Å². The highest BCUT2D eigenvalue weighted by Crippen LogP contribution is 2.33. The van der Waals surface area contributed by atoms with Crippen LogP contribution in [0.3, 0.4) is 0 Å². The number of fused-ring (bicyclic) bond motifs is 1. The topological polar surface area (TPSA) is 226 Å². The zero-order valence-electron chi connectivity index (χ0n) is 40.4. The molecule has 2 saturated heterocycles. The van der Waals surface area contributed by atoms with Crippen molar-refractivity contribution < 1.29 is 48.1 Å². The van der Waals surface area contributed by atoms with Gasteiger partial charge >= 0.3 is 0 Å². The number of nitrogens with one attached hydrogen (secondary N) is 4. The van der Waals surface area contributed by atoms with Crippen molar-refractivity contribution in [2.75, 3.05) is 44.8 Å². The lowest BCUT2D eigenvalue weighted by molar-refractivity contribution is -0.144. The second-order valence-corrected chi connectivity index (χ2v) is 20.1. The lowest BCUT2D eigenvalue weighted by Gasteiger charge is -2.35. The number of hydrogen-bond donors (Lipinski definition) is 5. The Hall–Kier alpha value is -5.56. The molecule has 2 aromatic carbocycles. The number of aromatic nitrogens is 1. The van der Waals surface area contributed by atoms with Crippen molar-refractivity contribution >= 4 is 58.4 Å². The van der Waals surface area contributed by atoms with Crippen LogP contribution in [0.2, 0.25) is 0 Å². The summed E-state index contributed by atoms with van der Waals surface area (Å²) in [5, 5.41) is 21.9. The summed E-state index contributed by atoms with van der Waals surface area (Å²) in [7, 11) is 0. The number of aryl methyl sites for hydroxylation is 1. The third-order valence-corrected chi connectivity index (χ3v) is 13.7. The molecule has 2 fully saturated rings. The van der Waals surface area contributed by atoms with Crippen molar-refractivity contribution in [2.24, 2.45) is 5.41 Å². The first-order valence-corrected chi connectivity index (χ1v) is 25.3. The number of nitrogens with zero attached hydrogens (tertiary/aromatic N) is 3. The molecule has 6 rings (SSSR count). The van der Waals surface area contributed by atoms with Crippen molar-refractivity contribution in [3.63, 3.8) is 0 Å². The summed E-state index contributed by atoms with van der Waals surface area (Å²) in [4.78, 5) is 98.6. The average Bonchev–Trinajstić information content (AvgIpc) is 4.01. The maximum atomic E-state index is 14.0. The number of rotatable bonds is 26. The molecule has 4 atom stereocenters. The minimum atomic E-state index is -0.994. The van der Waals surface area contributed by atoms with E-state index in [4.69, 9.17) is 9.47 Å². The summed E-state index contributed by atoms with van der Waals surface area (Å²) in [6.45, 7) is 11.0. The Balaban J connectivity index is 0.770. The highest BCUT2D eigenvalue weighted by Gasteiger charge is 2.46. The Kier molecular flexibility index (Phi) is 19.4. The molecule has 0 bridgehead atoms. The highest BCUT2D eigenvalue weighted by molar-refractivity contribution is 7.13. The number of β-amino-alcohol motifs (C(OH)–C–C–N with tert-alkyl or cyclic N) is 1. The van der Waals surface area contributed by atoms with Gasteiger partial charge in [-0.2, -0.15) is 0 Å². The monoisotopic (exact) mass is 971 g/mol. The van der Waals surface area contributed by atoms with Crippen LogP contribution in [0.4, 0.5) is 5.69 Å². The van der Waals surface area contributed by atoms with Gasteiger partial charge in [-0.1, -0.05) is 63.9 Å². The van der Waals surface area contributed by atoms with Gasteiger partial charge in [0.2, 0.25) is 29.5 Å². The number of piperidine rings is 1. The Labute approximate surface area is 408 Å². The largest absolute Gasteiger partial charge is 0.391 e. The van der Waals surface area contributed by atoms with E-state index in [0.717, 1.165) is 71.5 Å². The van der Waals surface area contributed by atoms with Gasteiger partial charge in [-0.3, -0.25) is 43.8 Å². The van der Waals surface area contributed by atoms with Gasteiger partial charge in [0.1, 0.15) is 18.1 Å². The second kappa shape index (κ2) is 25.3. The molecule has 1 aromatic heterocycles. The zero-order chi connectivity index (χ0) is 49.5. The number of aliphatic hydroxyl groups is 1. The highest BCUT2D eigenvalue weighted by atomic mass is 32.1. The maximum absolute atomic E-state index is 14.0. The number of anilines is 1. The molecule has 4 heterocycles. The van der Waals surface area contributed by atoms with Crippen molar-refractivity contribution in [1.82, 2.24) is 30.7 Å². The molecule has 1 unspecified atom stereocenters. The third-order valence-electron chi connectivity index (χ3n) is 12.7. The molecule has 18 heteroatoms. The van der Waals surface area contributed by atoms with Crippen molar-refractivity contribution in [2.45, 2.75) is 142 Å². The summed E-state index contributed by atoms with van der Waals surface area (Å²) in [5.41, 5.74) is 5.20. The molecule has 0 aliphatic carbocycles. The fraction of sp³-hybridized carbons (Fsp3) is 0.569. The summed E-state index contributed by atoms with van der Waals surface area (Å²) in [5.74, 6) is -3.05. The smallest absolute Gasteiger partial charge is 0.264 e. The van der Waals surface area contributed by atoms with Crippen LogP contribution in [0, 0.1) is 12.3 Å². The summed E-state index contributed by atoms with van der Waals surface area (Å²) >= 11 is 1.58. The molecule has 69 heavy (non-hydrogen) atoms. The Morgan fingerprint density at radius 3 is 2.20 bits per heavy atom. The Morgan fingerprint density at radius 2 is 1.55 bits per heavy atom. The molecule has 5 N–H and O–H groups in total. The SMILES string of the molecule is Cc1ncsc1-c1ccc(CNC(=O)[C@@H]2C[C@@H](O)CN2C(=O)[C@@H](NC(=O)CCCCOCCCCCOCCCCCCNc2cccc3c2C(=O)N(C2CCC(=O)NC2=O)C3=O)C(C)(C)C)cc1. The second-order valence-electron chi connectivity index (χ2n) is 19.2. The van der Waals surface area contributed by atoms with Gasteiger partial charge in [-0.15, -0.1) is 11.3 Å². The van der Waals surface area contributed by atoms with E-state index in [1.54, 1.807) is 29.5 Å². The average molecular weight is 972 g/mol. The lowest BCUT2D eigenvalue weighted by Crippen LogP contribution is -2.57. The van der Waals surface area contributed by atoms with E-state index >= 15 is 0 Å². The Morgan fingerprint density at radius 1 is 0.884 bits per heavy atom. The molecule has 0 saturated carbocycles. The van der Waals surface area contributed by atoms with Crippen LogP contribution in [-0.2, 0) is 40.0 Å². The molecule has 17 nitrogen and oxygen atoms in total. The number of imide groups is 2. The molecule has 374 valence electrons. The van der Waals surface area contributed by atoms with Crippen LogP contribution < -0.4 is 21.3 Å². The predicted octanol–water partition coefficient (Wildman–Crippen LogP) is 5.67. The minimum absolute atomic E-state index is 0.0171. The maximum Gasteiger partial charge on any atom is 0.264 e. The van der Waals surface area contributed by atoms with E-state index in [-0.39, 0.29) is 67.6 Å². The number of carbonyl (C=O) groups is 7. The van der Waals surface area contributed by atoms with E-state index in [9.17, 15) is 38.7 Å². The quantitative estimate of drug-likeness (QED) is 0.0485. The normalized spacial score (nSPS) is 18.6. The van der Waals surface area contributed by atoms with E-state index in [0.29, 0.717) is 51.5 Å². The molecule has 0 radical (unpaired) electrons. The van der Waals surface area contributed by atoms with Crippen LogP contribution in [0.15, 0.2) is 48.0 Å². The standard InChI is InChI=1S/C51H69N7O10S/c1-33-44(69-32-54-33)35-20-18-34(19-21-35)30-53-46(62)40-29-36(59)31-57(40)50(66)45(51(2,3)4)55-41(60)17-8-13-28-68-27-12-7-11-26-67-25-10-6-5-9-24-52-38-16-14-15-37-43(38)49(65)58(48(37)64)39-22-23-42(61)56-47(39)63/h14-16,18-21,32,36,39-40,45,52,59H,5-13,17,22-31H2,1-4H3,(H,53,62)(H,55,60)(H,56,61,63)/t36-,39?,40+,45-/m1/s1. The fourth-order valence-electron chi connectivity index (χ4n) is 8.86. The number of amides is 7. The minimum Gasteiger partial charge on any atom is -0.391 e. The number of likely N-dealkylation sites (tertiary alicyclic amines) is 1. The van der Waals surface area contributed by atoms with Crippen LogP contribution in [0.1, 0.15) is 136 Å². The first-order chi connectivity index (χ1) is 33.1. The summed E-state index contributed by atoms with van der Waals surface area (Å²) in [6, 6.07) is 10.2. The third kappa shape index (κ3) is 14.5. The predicted molar refractivity (Wildman–Crippen MR) is 261 cm³/mol. The molecule has 3 aliphatic heterocycles. The number of unbranched alkanes of at least 4 members (excludes halogenated alkanes) is 6. The van der Waals surface area contributed by atoms with Gasteiger partial charge in [0.25, 0.3) is 11.8 Å². The molecular formula is C51H69N7O10S. The number of carbonyl (C=O) groups excluding carboxylic acids is 7. The van der Waals surface area contributed by atoms with Crippen LogP contribution in [-0.4, -0.2) is 125 Å². The Bertz CT molecular complexity index is 2280. The lowest BCUT2D eigenvalue weighted by atomic mass is 9.85. The first-order valence-electron chi connectivity index (χ1n) is 24.4. The van der Waals surface area contributed by atoms with Crippen LogP contribution in [0.25, 0.3) is 10.4 Å². The van der Waals surface area contributed by atoms with Gasteiger partial charge in [0.15, 0.2) is 0 Å². The summed E-state index contributed by atoms with van der Waals surface area (Å²) < 4.78 is 11.6. The fourth-order valence-corrected chi connectivity index (χ4v) is 9.67. The van der Waals surface area contributed by atoms with Gasteiger partial charge in [-0.25, -0.2) is 4.98 Å². The van der Waals surface area contributed by atoms with Crippen LogP contribution in [0.5, 0.6) is 0 Å². The number of ether oxygens (including phenoxy) is 2.